The van der Waals surface area contributed by atoms with Gasteiger partial charge in [-0.15, -0.1) is 0 Å². The second kappa shape index (κ2) is 6.51. The molecule has 0 radical (unpaired) electrons. The van der Waals surface area contributed by atoms with Crippen molar-refractivity contribution in [1.29, 1.82) is 0 Å². The molecular formula is C9H20O3S. The zero-order valence-electron chi connectivity index (χ0n) is 8.82. The first-order valence-corrected chi connectivity index (χ1v) is 5.99. The van der Waals surface area contributed by atoms with Gasteiger partial charge in [0.2, 0.25) is 0 Å². The third-order valence-electron chi connectivity index (χ3n) is 1.95. The van der Waals surface area contributed by atoms with Crippen molar-refractivity contribution in [3.05, 3.63) is 0 Å². The Morgan fingerprint density at radius 3 is 2.31 bits per heavy atom. The first-order chi connectivity index (χ1) is 6.02. The van der Waals surface area contributed by atoms with Crippen LogP contribution >= 0.6 is 0 Å². The van der Waals surface area contributed by atoms with Gasteiger partial charge in [0, 0.05) is 12.9 Å². The van der Waals surface area contributed by atoms with E-state index in [9.17, 15) is 4.21 Å². The lowest BCUT2D eigenvalue weighted by Crippen LogP contribution is -2.29. The zero-order valence-corrected chi connectivity index (χ0v) is 9.63. The monoisotopic (exact) mass is 208 g/mol. The van der Waals surface area contributed by atoms with Crippen molar-refractivity contribution in [2.45, 2.75) is 38.7 Å². The van der Waals surface area contributed by atoms with Crippen molar-refractivity contribution >= 4 is 10.8 Å². The van der Waals surface area contributed by atoms with Gasteiger partial charge in [-0.05, 0) is 19.3 Å². The van der Waals surface area contributed by atoms with E-state index in [-0.39, 0.29) is 17.5 Å². The Balaban J connectivity index is 4.14. The summed E-state index contributed by atoms with van der Waals surface area (Å²) < 4.78 is 16.6. The van der Waals surface area contributed by atoms with E-state index in [4.69, 9.17) is 9.84 Å². The summed E-state index contributed by atoms with van der Waals surface area (Å²) in [6.07, 6.45) is 0.269. The average molecular weight is 208 g/mol. The van der Waals surface area contributed by atoms with Crippen LogP contribution in [0.2, 0.25) is 0 Å². The smallest absolute Gasteiger partial charge is 0.134 e. The molecule has 0 aromatic rings. The summed E-state index contributed by atoms with van der Waals surface area (Å²) in [7, 11) is 0.622. The summed E-state index contributed by atoms with van der Waals surface area (Å²) in [5.41, 5.74) is -0.250. The summed E-state index contributed by atoms with van der Waals surface area (Å²) in [4.78, 5) is 0. The molecule has 4 atom stereocenters. The summed E-state index contributed by atoms with van der Waals surface area (Å²) in [5, 5.41) is 9.17. The van der Waals surface area contributed by atoms with Gasteiger partial charge in [-0.2, -0.15) is 0 Å². The number of hydrogen-bond acceptors (Lipinski definition) is 3. The average Bonchev–Trinajstić information content (AvgIpc) is 2.03. The van der Waals surface area contributed by atoms with Gasteiger partial charge in [0.1, 0.15) is 5.44 Å². The van der Waals surface area contributed by atoms with E-state index in [0.29, 0.717) is 12.2 Å². The third-order valence-corrected chi connectivity index (χ3v) is 3.70. The van der Waals surface area contributed by atoms with E-state index in [1.807, 2.05) is 13.8 Å². The molecule has 4 unspecified atom stereocenters. The van der Waals surface area contributed by atoms with Gasteiger partial charge < -0.3 is 9.84 Å². The summed E-state index contributed by atoms with van der Waals surface area (Å²) in [5.74, 6) is 0.730. The van der Waals surface area contributed by atoms with Crippen LogP contribution < -0.4 is 0 Å². The van der Waals surface area contributed by atoms with E-state index in [1.165, 1.54) is 0 Å². The quantitative estimate of drug-likeness (QED) is 0.712. The van der Waals surface area contributed by atoms with Crippen molar-refractivity contribution in [3.8, 4) is 0 Å². The first-order valence-electron chi connectivity index (χ1n) is 4.60. The van der Waals surface area contributed by atoms with Crippen LogP contribution in [0.4, 0.5) is 0 Å². The highest BCUT2D eigenvalue weighted by atomic mass is 32.2. The summed E-state index contributed by atoms with van der Waals surface area (Å²) in [6.45, 7) is 5.56. The van der Waals surface area contributed by atoms with E-state index >= 15 is 0 Å². The molecule has 0 aromatic carbocycles. The van der Waals surface area contributed by atoms with Gasteiger partial charge in [-0.3, -0.25) is 4.21 Å². The molecule has 0 saturated heterocycles. The number of hydrogen-bond donors (Lipinski definition) is 1. The molecule has 0 spiro atoms. The Kier molecular flexibility index (Phi) is 6.55. The maximum atomic E-state index is 11.5. The van der Waals surface area contributed by atoms with Crippen LogP contribution in [0, 0.1) is 5.92 Å². The number of rotatable bonds is 6. The Morgan fingerprint density at radius 2 is 2.00 bits per heavy atom. The first kappa shape index (κ1) is 13.1. The lowest BCUT2D eigenvalue weighted by molar-refractivity contribution is 0.0880. The number of aliphatic hydroxyl groups is 1. The predicted molar refractivity (Wildman–Crippen MR) is 54.9 cm³/mol. The Morgan fingerprint density at radius 1 is 1.46 bits per heavy atom. The molecule has 0 aliphatic rings. The minimum absolute atomic E-state index is 0.130. The third kappa shape index (κ3) is 4.74. The van der Waals surface area contributed by atoms with Crippen molar-refractivity contribution in [2.75, 3.05) is 12.9 Å². The highest BCUT2D eigenvalue weighted by molar-refractivity contribution is 7.85. The molecule has 0 aromatic heterocycles. The number of aliphatic hydroxyl groups excluding tert-OH is 1. The van der Waals surface area contributed by atoms with Crippen LogP contribution in [0.3, 0.4) is 0 Å². The molecule has 13 heavy (non-hydrogen) atoms. The fraction of sp³-hybridized carbons (Fsp3) is 1.00. The molecule has 0 aliphatic carbocycles. The molecule has 0 saturated carbocycles. The topological polar surface area (TPSA) is 46.5 Å². The van der Waals surface area contributed by atoms with Crippen molar-refractivity contribution < 1.29 is 14.1 Å². The Bertz CT molecular complexity index is 159. The highest BCUT2D eigenvalue weighted by Gasteiger charge is 2.22. The van der Waals surface area contributed by atoms with E-state index in [2.05, 4.69) is 0 Å². The highest BCUT2D eigenvalue weighted by Crippen LogP contribution is 2.16. The lowest BCUT2D eigenvalue weighted by Gasteiger charge is -2.22. The van der Waals surface area contributed by atoms with E-state index in [0.717, 1.165) is 0 Å². The van der Waals surface area contributed by atoms with Crippen LogP contribution in [-0.2, 0) is 15.5 Å². The van der Waals surface area contributed by atoms with Gasteiger partial charge >= 0.3 is 0 Å². The number of ether oxygens (including phenoxy) is 1. The van der Waals surface area contributed by atoms with Crippen molar-refractivity contribution in [3.63, 3.8) is 0 Å². The van der Waals surface area contributed by atoms with E-state index in [1.54, 1.807) is 14.0 Å². The molecule has 0 aliphatic heterocycles. The molecule has 3 nitrogen and oxygen atoms in total. The van der Waals surface area contributed by atoms with Crippen LogP contribution in [0.25, 0.3) is 0 Å². The Hall–Kier alpha value is 0.0700. The Labute approximate surface area is 82.9 Å². The second-order valence-electron chi connectivity index (χ2n) is 3.34. The van der Waals surface area contributed by atoms with Gasteiger partial charge in [0.25, 0.3) is 0 Å². The van der Waals surface area contributed by atoms with Crippen molar-refractivity contribution in [1.82, 2.24) is 0 Å². The summed E-state index contributed by atoms with van der Waals surface area (Å²) >= 11 is 0. The molecule has 0 amide bonds. The molecular weight excluding hydrogens is 188 g/mol. The van der Waals surface area contributed by atoms with Crippen molar-refractivity contribution in [2.24, 2.45) is 5.92 Å². The zero-order chi connectivity index (χ0) is 10.4. The molecule has 0 heterocycles. The normalized spacial score (nSPS) is 20.7. The maximum Gasteiger partial charge on any atom is 0.134 e. The molecule has 1 N–H and O–H groups in total. The van der Waals surface area contributed by atoms with Gasteiger partial charge in [-0.1, -0.05) is 13.8 Å². The molecule has 0 fully saturated rings. The van der Waals surface area contributed by atoms with Gasteiger partial charge in [0.15, 0.2) is 0 Å². The molecule has 0 bridgehead atoms. The minimum atomic E-state index is -0.945. The standard InChI is InChI=1S/C9H20O3S/c1-5-13(11)9(12-4)7(2)6-8(3)10/h7-10H,5-6H2,1-4H3. The minimum Gasteiger partial charge on any atom is -0.393 e. The molecule has 80 valence electrons. The molecule has 4 heteroatoms. The van der Waals surface area contributed by atoms with Crippen LogP contribution in [-0.4, -0.2) is 33.7 Å². The fourth-order valence-electron chi connectivity index (χ4n) is 1.41. The second-order valence-corrected chi connectivity index (χ2v) is 5.14. The van der Waals surface area contributed by atoms with Crippen LogP contribution in [0.15, 0.2) is 0 Å². The van der Waals surface area contributed by atoms with Crippen LogP contribution in [0.1, 0.15) is 27.2 Å². The molecule has 0 rings (SSSR count). The predicted octanol–water partition coefficient (Wildman–Crippen LogP) is 1.13. The van der Waals surface area contributed by atoms with E-state index < -0.39 is 10.8 Å². The number of methoxy groups -OCH3 is 1. The summed E-state index contributed by atoms with van der Waals surface area (Å²) in [6, 6.07) is 0. The van der Waals surface area contributed by atoms with Crippen LogP contribution in [0.5, 0.6) is 0 Å². The maximum absolute atomic E-state index is 11.5. The fourth-order valence-corrected chi connectivity index (χ4v) is 2.58. The SMILES string of the molecule is CCS(=O)C(OC)C(C)CC(C)O. The largest absolute Gasteiger partial charge is 0.393 e. The van der Waals surface area contributed by atoms with Gasteiger partial charge in [-0.25, -0.2) is 0 Å². The van der Waals surface area contributed by atoms with Gasteiger partial charge in [0.05, 0.1) is 16.9 Å². The lowest BCUT2D eigenvalue weighted by atomic mass is 10.1.